The first-order valence-electron chi connectivity index (χ1n) is 7.77. The number of carbonyl (C=O) groups excluding carboxylic acids is 1. The number of nitrogens with one attached hydrogen (secondary N) is 2. The van der Waals surface area contributed by atoms with Gasteiger partial charge in [0.05, 0.1) is 10.6 Å². The predicted octanol–water partition coefficient (Wildman–Crippen LogP) is 5.21. The van der Waals surface area contributed by atoms with Gasteiger partial charge in [0.15, 0.2) is 0 Å². The number of carbonyl (C=O) groups is 1. The van der Waals surface area contributed by atoms with Gasteiger partial charge in [0, 0.05) is 17.6 Å². The zero-order valence-electron chi connectivity index (χ0n) is 13.2. The summed E-state index contributed by atoms with van der Waals surface area (Å²) in [4.78, 5) is 12.0. The summed E-state index contributed by atoms with van der Waals surface area (Å²) in [5.74, 6) is 0. The highest BCUT2D eigenvalue weighted by atomic mass is 35.5. The van der Waals surface area contributed by atoms with E-state index in [0.29, 0.717) is 6.54 Å². The van der Waals surface area contributed by atoms with Crippen molar-refractivity contribution in [3.05, 3.63) is 64.7 Å². The SMILES string of the molecule is O=C(NCC1(c2ccccc2)CC1)Nc1ccc(Cl)c(C(F)(F)F)c1. The molecule has 3 rings (SSSR count). The second-order valence-electron chi connectivity index (χ2n) is 6.15. The van der Waals surface area contributed by atoms with Crippen LogP contribution in [0.5, 0.6) is 0 Å². The Bertz CT molecular complexity index is 774. The molecule has 3 nitrogen and oxygen atoms in total. The van der Waals surface area contributed by atoms with Gasteiger partial charge in [-0.3, -0.25) is 0 Å². The molecule has 0 unspecified atom stereocenters. The lowest BCUT2D eigenvalue weighted by molar-refractivity contribution is -0.137. The van der Waals surface area contributed by atoms with Crippen LogP contribution in [0.2, 0.25) is 5.02 Å². The highest BCUT2D eigenvalue weighted by molar-refractivity contribution is 6.31. The number of hydrogen-bond acceptors (Lipinski definition) is 1. The highest BCUT2D eigenvalue weighted by Crippen LogP contribution is 2.47. The molecule has 132 valence electrons. The topological polar surface area (TPSA) is 41.1 Å². The second-order valence-corrected chi connectivity index (χ2v) is 6.55. The molecule has 0 aliphatic heterocycles. The van der Waals surface area contributed by atoms with Gasteiger partial charge in [0.1, 0.15) is 0 Å². The number of benzene rings is 2. The average Bonchev–Trinajstić information content (AvgIpc) is 3.36. The number of halogens is 4. The minimum Gasteiger partial charge on any atom is -0.337 e. The summed E-state index contributed by atoms with van der Waals surface area (Å²) in [5.41, 5.74) is 0.144. The Hall–Kier alpha value is -2.21. The van der Waals surface area contributed by atoms with E-state index in [1.165, 1.54) is 6.07 Å². The Kier molecular flexibility index (Phi) is 4.64. The van der Waals surface area contributed by atoms with E-state index in [1.54, 1.807) is 0 Å². The van der Waals surface area contributed by atoms with Crippen LogP contribution in [0.15, 0.2) is 48.5 Å². The first kappa shape index (κ1) is 17.6. The quantitative estimate of drug-likeness (QED) is 0.764. The van der Waals surface area contributed by atoms with Gasteiger partial charge in [-0.25, -0.2) is 4.79 Å². The van der Waals surface area contributed by atoms with Crippen molar-refractivity contribution in [1.29, 1.82) is 0 Å². The van der Waals surface area contributed by atoms with Gasteiger partial charge in [0.25, 0.3) is 0 Å². The fraction of sp³-hybridized carbons (Fsp3) is 0.278. The molecule has 25 heavy (non-hydrogen) atoms. The Labute approximate surface area is 148 Å². The lowest BCUT2D eigenvalue weighted by atomic mass is 9.96. The molecule has 0 radical (unpaired) electrons. The van der Waals surface area contributed by atoms with Crippen molar-refractivity contribution < 1.29 is 18.0 Å². The number of urea groups is 1. The molecule has 2 amide bonds. The zero-order valence-corrected chi connectivity index (χ0v) is 13.9. The van der Waals surface area contributed by atoms with Gasteiger partial charge in [-0.05, 0) is 36.6 Å². The Morgan fingerprint density at radius 2 is 1.80 bits per heavy atom. The van der Waals surface area contributed by atoms with Crippen LogP contribution in [0.25, 0.3) is 0 Å². The average molecular weight is 369 g/mol. The number of alkyl halides is 3. The van der Waals surface area contributed by atoms with E-state index in [9.17, 15) is 18.0 Å². The third-order valence-electron chi connectivity index (χ3n) is 4.36. The molecule has 1 aliphatic rings. The van der Waals surface area contributed by atoms with Gasteiger partial charge in [-0.1, -0.05) is 41.9 Å². The number of amides is 2. The Morgan fingerprint density at radius 3 is 2.40 bits per heavy atom. The summed E-state index contributed by atoms with van der Waals surface area (Å²) in [6.45, 7) is 0.433. The van der Waals surface area contributed by atoms with Crippen molar-refractivity contribution in [2.75, 3.05) is 11.9 Å². The third-order valence-corrected chi connectivity index (χ3v) is 4.69. The standard InChI is InChI=1S/C18H16ClF3N2O/c19-15-7-6-13(10-14(15)18(20,21)22)24-16(25)23-11-17(8-9-17)12-4-2-1-3-5-12/h1-7,10H,8-9,11H2,(H2,23,24,25). The van der Waals surface area contributed by atoms with Crippen LogP contribution in [-0.4, -0.2) is 12.6 Å². The molecule has 1 aliphatic carbocycles. The predicted molar refractivity (Wildman–Crippen MR) is 90.8 cm³/mol. The van der Waals surface area contributed by atoms with Crippen LogP contribution < -0.4 is 10.6 Å². The molecule has 1 saturated carbocycles. The molecular weight excluding hydrogens is 353 g/mol. The van der Waals surface area contributed by atoms with Crippen molar-refractivity contribution in [1.82, 2.24) is 5.32 Å². The van der Waals surface area contributed by atoms with Gasteiger partial charge in [-0.2, -0.15) is 13.2 Å². The van der Waals surface area contributed by atoms with Crippen LogP contribution in [0.3, 0.4) is 0 Å². The van der Waals surface area contributed by atoms with Crippen LogP contribution in [0.1, 0.15) is 24.0 Å². The maximum atomic E-state index is 12.9. The molecule has 2 N–H and O–H groups in total. The van der Waals surface area contributed by atoms with Crippen LogP contribution in [0, 0.1) is 0 Å². The highest BCUT2D eigenvalue weighted by Gasteiger charge is 2.44. The summed E-state index contributed by atoms with van der Waals surface area (Å²) in [5, 5.41) is 4.76. The number of rotatable bonds is 4. The molecule has 0 spiro atoms. The van der Waals surface area contributed by atoms with Crippen molar-refractivity contribution in [3.63, 3.8) is 0 Å². The summed E-state index contributed by atoms with van der Waals surface area (Å²) in [6, 6.07) is 12.6. The fourth-order valence-electron chi connectivity index (χ4n) is 2.76. The number of anilines is 1. The summed E-state index contributed by atoms with van der Waals surface area (Å²) in [6.07, 6.45) is -2.64. The molecule has 0 saturated heterocycles. The van der Waals surface area contributed by atoms with Crippen LogP contribution in [0.4, 0.5) is 23.7 Å². The van der Waals surface area contributed by atoms with E-state index in [1.807, 2.05) is 30.3 Å². The molecule has 0 bridgehead atoms. The number of hydrogen-bond donors (Lipinski definition) is 2. The zero-order chi connectivity index (χ0) is 18.1. The second kappa shape index (κ2) is 6.59. The molecular formula is C18H16ClF3N2O. The Morgan fingerprint density at radius 1 is 1.12 bits per heavy atom. The Balaban J connectivity index is 1.62. The molecule has 1 fully saturated rings. The van der Waals surface area contributed by atoms with Crippen LogP contribution >= 0.6 is 11.6 Å². The van der Waals surface area contributed by atoms with Crippen molar-refractivity contribution in [3.8, 4) is 0 Å². The van der Waals surface area contributed by atoms with Gasteiger partial charge < -0.3 is 10.6 Å². The largest absolute Gasteiger partial charge is 0.417 e. The smallest absolute Gasteiger partial charge is 0.337 e. The first-order chi connectivity index (χ1) is 11.8. The maximum Gasteiger partial charge on any atom is 0.417 e. The first-order valence-corrected chi connectivity index (χ1v) is 8.15. The van der Waals surface area contributed by atoms with Crippen LogP contribution in [-0.2, 0) is 11.6 Å². The maximum absolute atomic E-state index is 12.9. The van der Waals surface area contributed by atoms with E-state index >= 15 is 0 Å². The van der Waals surface area contributed by atoms with Gasteiger partial charge >= 0.3 is 12.2 Å². The summed E-state index contributed by atoms with van der Waals surface area (Å²) in [7, 11) is 0. The molecule has 0 aromatic heterocycles. The van der Waals surface area contributed by atoms with E-state index in [4.69, 9.17) is 11.6 Å². The lowest BCUT2D eigenvalue weighted by Crippen LogP contribution is -2.35. The van der Waals surface area contributed by atoms with Crippen molar-refractivity contribution in [2.45, 2.75) is 24.4 Å². The van der Waals surface area contributed by atoms with Crippen molar-refractivity contribution in [2.24, 2.45) is 0 Å². The van der Waals surface area contributed by atoms with Gasteiger partial charge in [-0.15, -0.1) is 0 Å². The summed E-state index contributed by atoms with van der Waals surface area (Å²) >= 11 is 5.57. The van der Waals surface area contributed by atoms with E-state index in [0.717, 1.165) is 30.5 Å². The molecule has 7 heteroatoms. The van der Waals surface area contributed by atoms with Crippen molar-refractivity contribution >= 4 is 23.3 Å². The fourth-order valence-corrected chi connectivity index (χ4v) is 2.98. The molecule has 2 aromatic carbocycles. The third kappa shape index (κ3) is 4.07. The lowest BCUT2D eigenvalue weighted by Gasteiger charge is -2.17. The monoisotopic (exact) mass is 368 g/mol. The molecule has 0 heterocycles. The molecule has 0 atom stereocenters. The minimum absolute atomic E-state index is 0.0405. The van der Waals surface area contributed by atoms with E-state index in [-0.39, 0.29) is 11.1 Å². The summed E-state index contributed by atoms with van der Waals surface area (Å²) < 4.78 is 38.6. The van der Waals surface area contributed by atoms with E-state index < -0.39 is 22.8 Å². The minimum atomic E-state index is -4.57. The normalized spacial score (nSPS) is 15.5. The van der Waals surface area contributed by atoms with E-state index in [2.05, 4.69) is 10.6 Å². The molecule has 2 aromatic rings. The van der Waals surface area contributed by atoms with Gasteiger partial charge in [0.2, 0.25) is 0 Å².